The average molecular weight is 223 g/mol. The molecule has 0 aliphatic heterocycles. The second-order valence-corrected chi connectivity index (χ2v) is 3.51. The molecule has 0 saturated carbocycles. The van der Waals surface area contributed by atoms with Crippen molar-refractivity contribution in [1.82, 2.24) is 4.57 Å². The predicted molar refractivity (Wildman–Crippen MR) is 60.8 cm³/mol. The molecule has 0 saturated heterocycles. The number of nitrogens with zero attached hydrogens (tertiary/aromatic N) is 1. The molecular formula is C12H17NO3. The van der Waals surface area contributed by atoms with E-state index in [1.807, 2.05) is 24.5 Å². The molecule has 0 radical (unpaired) electrons. The third-order valence-corrected chi connectivity index (χ3v) is 2.24. The maximum absolute atomic E-state index is 10.8. The molecule has 0 fully saturated rings. The van der Waals surface area contributed by atoms with E-state index < -0.39 is 12.1 Å². The van der Waals surface area contributed by atoms with E-state index in [4.69, 9.17) is 0 Å². The van der Waals surface area contributed by atoms with Crippen molar-refractivity contribution < 1.29 is 14.6 Å². The maximum Gasteiger partial charge on any atom is 0.330 e. The van der Waals surface area contributed by atoms with Gasteiger partial charge >= 0.3 is 5.97 Å². The Morgan fingerprint density at radius 3 is 2.81 bits per heavy atom. The van der Waals surface area contributed by atoms with Crippen molar-refractivity contribution in [2.24, 2.45) is 0 Å². The van der Waals surface area contributed by atoms with Crippen molar-refractivity contribution in [3.05, 3.63) is 36.7 Å². The van der Waals surface area contributed by atoms with Crippen LogP contribution in [0.5, 0.6) is 0 Å². The van der Waals surface area contributed by atoms with Crippen molar-refractivity contribution in [3.8, 4) is 0 Å². The van der Waals surface area contributed by atoms with Gasteiger partial charge in [-0.25, -0.2) is 4.79 Å². The van der Waals surface area contributed by atoms with Crippen LogP contribution in [0.25, 0.3) is 0 Å². The Bertz CT molecular complexity index is 330. The summed E-state index contributed by atoms with van der Waals surface area (Å²) in [6, 6.07) is 3.93. The summed E-state index contributed by atoms with van der Waals surface area (Å²) >= 11 is 0. The van der Waals surface area contributed by atoms with E-state index in [1.54, 1.807) is 0 Å². The summed E-state index contributed by atoms with van der Waals surface area (Å²) in [5.41, 5.74) is 0. The number of ether oxygens (including phenoxy) is 1. The fraction of sp³-hybridized carbons (Fsp3) is 0.417. The van der Waals surface area contributed by atoms with Gasteiger partial charge in [0.15, 0.2) is 0 Å². The lowest BCUT2D eigenvalue weighted by Gasteiger charge is -2.06. The molecule has 16 heavy (non-hydrogen) atoms. The number of carbonyl (C=O) groups is 1. The first-order chi connectivity index (χ1) is 7.72. The van der Waals surface area contributed by atoms with Gasteiger partial charge in [0, 0.05) is 25.0 Å². The normalized spacial score (nSPS) is 12.9. The molecule has 1 atom stereocenters. The van der Waals surface area contributed by atoms with Gasteiger partial charge in [0.25, 0.3) is 0 Å². The number of aryl methyl sites for hydroxylation is 1. The average Bonchev–Trinajstić information content (AvgIpc) is 2.79. The van der Waals surface area contributed by atoms with Gasteiger partial charge in [-0.2, -0.15) is 0 Å². The maximum atomic E-state index is 10.8. The van der Waals surface area contributed by atoms with E-state index in [-0.39, 0.29) is 0 Å². The summed E-state index contributed by atoms with van der Waals surface area (Å²) in [7, 11) is 1.31. The number of hydrogen-bond donors (Lipinski definition) is 1. The quantitative estimate of drug-likeness (QED) is 0.585. The highest BCUT2D eigenvalue weighted by molar-refractivity contribution is 5.81. The Morgan fingerprint density at radius 2 is 2.19 bits per heavy atom. The van der Waals surface area contributed by atoms with Gasteiger partial charge in [-0.3, -0.25) is 0 Å². The number of methoxy groups -OCH3 is 1. The zero-order valence-corrected chi connectivity index (χ0v) is 9.37. The molecule has 1 N–H and O–H groups in total. The van der Waals surface area contributed by atoms with Gasteiger partial charge < -0.3 is 14.4 Å². The number of carbonyl (C=O) groups excluding carboxylic acids is 1. The van der Waals surface area contributed by atoms with Gasteiger partial charge in [-0.05, 0) is 31.1 Å². The van der Waals surface area contributed by atoms with Crippen molar-refractivity contribution in [2.75, 3.05) is 7.11 Å². The van der Waals surface area contributed by atoms with Crippen molar-refractivity contribution in [3.63, 3.8) is 0 Å². The topological polar surface area (TPSA) is 51.5 Å². The summed E-state index contributed by atoms with van der Waals surface area (Å²) in [5, 5.41) is 9.52. The van der Waals surface area contributed by atoms with Crippen LogP contribution in [0.2, 0.25) is 0 Å². The molecule has 4 heteroatoms. The van der Waals surface area contributed by atoms with Crippen molar-refractivity contribution in [1.29, 1.82) is 0 Å². The van der Waals surface area contributed by atoms with Crippen LogP contribution < -0.4 is 0 Å². The Morgan fingerprint density at radius 1 is 1.50 bits per heavy atom. The number of esters is 1. The summed E-state index contributed by atoms with van der Waals surface area (Å²) in [6.45, 7) is 0.871. The molecule has 1 heterocycles. The van der Waals surface area contributed by atoms with E-state index >= 15 is 0 Å². The van der Waals surface area contributed by atoms with Crippen molar-refractivity contribution >= 4 is 5.97 Å². The third-order valence-electron chi connectivity index (χ3n) is 2.24. The van der Waals surface area contributed by atoms with Gasteiger partial charge in [0.05, 0.1) is 13.2 Å². The van der Waals surface area contributed by atoms with Gasteiger partial charge in [0.2, 0.25) is 0 Å². The van der Waals surface area contributed by atoms with E-state index in [1.165, 1.54) is 19.3 Å². The second kappa shape index (κ2) is 6.85. The van der Waals surface area contributed by atoms with E-state index in [9.17, 15) is 9.90 Å². The van der Waals surface area contributed by atoms with Crippen LogP contribution in [0.15, 0.2) is 36.7 Å². The van der Waals surface area contributed by atoms with E-state index in [0.717, 1.165) is 13.0 Å². The van der Waals surface area contributed by atoms with Crippen LogP contribution in [0, 0.1) is 0 Å². The predicted octanol–water partition coefficient (Wildman–Crippen LogP) is 1.36. The first-order valence-electron chi connectivity index (χ1n) is 5.27. The minimum atomic E-state index is -0.588. The van der Waals surface area contributed by atoms with Crippen LogP contribution in [0.3, 0.4) is 0 Å². The summed E-state index contributed by atoms with van der Waals surface area (Å²) in [6.07, 6.45) is 7.58. The molecule has 1 rings (SSSR count). The SMILES string of the molecule is COC(=O)/C=C/C(O)CCCn1cccc1. The Kier molecular flexibility index (Phi) is 5.36. The highest BCUT2D eigenvalue weighted by Gasteiger charge is 2.00. The molecular weight excluding hydrogens is 206 g/mol. The molecule has 0 amide bonds. The van der Waals surface area contributed by atoms with E-state index in [2.05, 4.69) is 9.30 Å². The number of aliphatic hydroxyl groups excluding tert-OH is 1. The molecule has 1 aromatic rings. The third kappa shape index (κ3) is 4.79. The largest absolute Gasteiger partial charge is 0.466 e. The smallest absolute Gasteiger partial charge is 0.330 e. The molecule has 0 aromatic carbocycles. The lowest BCUT2D eigenvalue weighted by Crippen LogP contribution is -2.06. The highest BCUT2D eigenvalue weighted by atomic mass is 16.5. The number of rotatable bonds is 6. The number of hydrogen-bond acceptors (Lipinski definition) is 3. The van der Waals surface area contributed by atoms with Gasteiger partial charge in [-0.1, -0.05) is 0 Å². The Hall–Kier alpha value is -1.55. The molecule has 0 bridgehead atoms. The zero-order valence-electron chi connectivity index (χ0n) is 9.37. The minimum absolute atomic E-state index is 0.440. The molecule has 0 aliphatic rings. The van der Waals surface area contributed by atoms with Crippen LogP contribution in [-0.4, -0.2) is 28.9 Å². The van der Waals surface area contributed by atoms with Crippen molar-refractivity contribution in [2.45, 2.75) is 25.5 Å². The monoisotopic (exact) mass is 223 g/mol. The van der Waals surface area contributed by atoms with Crippen LogP contribution in [0.4, 0.5) is 0 Å². The second-order valence-electron chi connectivity index (χ2n) is 3.51. The van der Waals surface area contributed by atoms with Crippen LogP contribution >= 0.6 is 0 Å². The summed E-state index contributed by atoms with van der Waals surface area (Å²) in [5.74, 6) is -0.440. The number of aliphatic hydroxyl groups is 1. The lowest BCUT2D eigenvalue weighted by molar-refractivity contribution is -0.134. The molecule has 1 unspecified atom stereocenters. The highest BCUT2D eigenvalue weighted by Crippen LogP contribution is 2.02. The first kappa shape index (κ1) is 12.5. The lowest BCUT2D eigenvalue weighted by atomic mass is 10.2. The first-order valence-corrected chi connectivity index (χ1v) is 5.27. The Balaban J connectivity index is 2.17. The number of aromatic nitrogens is 1. The van der Waals surface area contributed by atoms with E-state index in [0.29, 0.717) is 6.42 Å². The zero-order chi connectivity index (χ0) is 11.8. The minimum Gasteiger partial charge on any atom is -0.466 e. The fourth-order valence-corrected chi connectivity index (χ4v) is 1.36. The summed E-state index contributed by atoms with van der Waals surface area (Å²) < 4.78 is 6.48. The standard InChI is InChI=1S/C12H17NO3/c1-16-12(15)7-6-11(14)5-4-10-13-8-2-3-9-13/h2-3,6-9,11,14H,4-5,10H2,1H3/b7-6+. The fourth-order valence-electron chi connectivity index (χ4n) is 1.36. The van der Waals surface area contributed by atoms with Crippen LogP contribution in [0.1, 0.15) is 12.8 Å². The Labute approximate surface area is 95.1 Å². The van der Waals surface area contributed by atoms with Gasteiger partial charge in [-0.15, -0.1) is 0 Å². The molecule has 1 aromatic heterocycles. The molecule has 0 spiro atoms. The molecule has 0 aliphatic carbocycles. The van der Waals surface area contributed by atoms with Gasteiger partial charge in [0.1, 0.15) is 0 Å². The van der Waals surface area contributed by atoms with Crippen LogP contribution in [-0.2, 0) is 16.1 Å². The summed E-state index contributed by atoms with van der Waals surface area (Å²) in [4.78, 5) is 10.8. The molecule has 4 nitrogen and oxygen atoms in total. The molecule has 88 valence electrons.